The maximum atomic E-state index is 12.8. The summed E-state index contributed by atoms with van der Waals surface area (Å²) in [5.41, 5.74) is 2.47. The molecular weight excluding hydrogens is 306 g/mol. The zero-order valence-electron chi connectivity index (χ0n) is 13.9. The molecule has 0 aromatic heterocycles. The summed E-state index contributed by atoms with van der Waals surface area (Å²) in [5, 5.41) is 4.40. The molecule has 0 spiro atoms. The van der Waals surface area contributed by atoms with E-state index in [2.05, 4.69) is 5.10 Å². The predicted molar refractivity (Wildman–Crippen MR) is 90.8 cm³/mol. The van der Waals surface area contributed by atoms with Crippen LogP contribution in [0.5, 0.6) is 0 Å². The number of benzene rings is 1. The van der Waals surface area contributed by atoms with Crippen molar-refractivity contribution in [3.8, 4) is 16.9 Å². The molecule has 0 bridgehead atoms. The Hall–Kier alpha value is -2.89. The molecule has 2 aliphatic rings. The van der Waals surface area contributed by atoms with Crippen molar-refractivity contribution in [2.24, 2.45) is 0 Å². The summed E-state index contributed by atoms with van der Waals surface area (Å²) in [7, 11) is 1.32. The molecule has 0 saturated carbocycles. The molecule has 0 radical (unpaired) electrons. The molecule has 0 N–H and O–H groups in total. The van der Waals surface area contributed by atoms with E-state index in [-0.39, 0.29) is 5.56 Å². The Balaban J connectivity index is 2.30. The molecule has 124 valence electrons. The van der Waals surface area contributed by atoms with Gasteiger partial charge in [0.2, 0.25) is 0 Å². The van der Waals surface area contributed by atoms with E-state index in [9.17, 15) is 9.59 Å². The second-order valence-corrected chi connectivity index (χ2v) is 5.67. The van der Waals surface area contributed by atoms with Gasteiger partial charge in [-0.1, -0.05) is 25.1 Å². The zero-order chi connectivity index (χ0) is 17.3. The Morgan fingerprint density at radius 3 is 2.67 bits per heavy atom. The van der Waals surface area contributed by atoms with Gasteiger partial charge in [0, 0.05) is 18.9 Å². The fourth-order valence-corrected chi connectivity index (χ4v) is 2.77. The van der Waals surface area contributed by atoms with Crippen LogP contribution >= 0.6 is 0 Å². The summed E-state index contributed by atoms with van der Waals surface area (Å²) < 4.78 is 8.04. The van der Waals surface area contributed by atoms with E-state index in [0.717, 1.165) is 12.0 Å². The monoisotopic (exact) mass is 325 g/mol. The minimum Gasteiger partial charge on any atom is -0.465 e. The first-order valence-corrected chi connectivity index (χ1v) is 7.84. The van der Waals surface area contributed by atoms with Gasteiger partial charge in [0.25, 0.3) is 5.56 Å². The van der Waals surface area contributed by atoms with Crippen molar-refractivity contribution in [2.45, 2.75) is 26.8 Å². The van der Waals surface area contributed by atoms with Crippen molar-refractivity contribution in [3.63, 3.8) is 0 Å². The molecule has 3 rings (SSSR count). The molecule has 0 unspecified atom stereocenters. The van der Waals surface area contributed by atoms with E-state index in [0.29, 0.717) is 29.1 Å². The van der Waals surface area contributed by atoms with Gasteiger partial charge in [-0.25, -0.2) is 4.79 Å². The molecule has 6 nitrogen and oxygen atoms in total. The van der Waals surface area contributed by atoms with Gasteiger partial charge >= 0.3 is 5.97 Å². The van der Waals surface area contributed by atoms with Gasteiger partial charge in [-0.15, -0.1) is 0 Å². The van der Waals surface area contributed by atoms with Crippen LogP contribution in [0.1, 0.15) is 29.3 Å². The molecule has 2 heterocycles. The van der Waals surface area contributed by atoms with Crippen LogP contribution in [0.25, 0.3) is 16.9 Å². The normalized spacial score (nSPS) is 11.0. The number of aryl methyl sites for hydroxylation is 2. The number of methoxy groups -OCH3 is 1. The molecule has 1 aromatic rings. The van der Waals surface area contributed by atoms with Crippen molar-refractivity contribution in [1.29, 1.82) is 0 Å². The van der Waals surface area contributed by atoms with Gasteiger partial charge in [-0.05, 0) is 25.0 Å². The van der Waals surface area contributed by atoms with E-state index >= 15 is 0 Å². The molecule has 6 heteroatoms. The van der Waals surface area contributed by atoms with Gasteiger partial charge in [0.05, 0.1) is 18.4 Å². The van der Waals surface area contributed by atoms with Crippen molar-refractivity contribution < 1.29 is 9.53 Å². The Morgan fingerprint density at radius 1 is 1.25 bits per heavy atom. The third-order valence-electron chi connectivity index (χ3n) is 3.95. The molecule has 2 aliphatic heterocycles. The number of ether oxygens (including phenoxy) is 1. The highest BCUT2D eigenvalue weighted by atomic mass is 16.5. The van der Waals surface area contributed by atoms with Gasteiger partial charge < -0.3 is 9.30 Å². The lowest BCUT2D eigenvalue weighted by Gasteiger charge is -2.10. The van der Waals surface area contributed by atoms with Crippen molar-refractivity contribution in [3.05, 3.63) is 58.1 Å². The molecule has 24 heavy (non-hydrogen) atoms. The second kappa shape index (κ2) is 6.31. The highest BCUT2D eigenvalue weighted by Gasteiger charge is 2.25. The molecule has 0 amide bonds. The lowest BCUT2D eigenvalue weighted by Crippen LogP contribution is -2.16. The highest BCUT2D eigenvalue weighted by Crippen LogP contribution is 2.23. The molecule has 0 aliphatic carbocycles. The summed E-state index contributed by atoms with van der Waals surface area (Å²) in [5.74, 6) is -0.500. The summed E-state index contributed by atoms with van der Waals surface area (Å²) in [6.07, 6.45) is 4.32. The average Bonchev–Trinajstić information content (AvgIpc) is 2.91. The van der Waals surface area contributed by atoms with E-state index in [1.165, 1.54) is 11.8 Å². The van der Waals surface area contributed by atoms with E-state index < -0.39 is 5.97 Å². The Bertz CT molecular complexity index is 924. The Morgan fingerprint density at radius 2 is 2.00 bits per heavy atom. The number of rotatable bonds is 4. The van der Waals surface area contributed by atoms with Gasteiger partial charge in [-0.3, -0.25) is 4.79 Å². The number of esters is 1. The van der Waals surface area contributed by atoms with Crippen molar-refractivity contribution in [1.82, 2.24) is 14.3 Å². The van der Waals surface area contributed by atoms with Gasteiger partial charge in [0.1, 0.15) is 11.3 Å². The first-order valence-electron chi connectivity index (χ1n) is 7.84. The maximum Gasteiger partial charge on any atom is 0.341 e. The van der Waals surface area contributed by atoms with E-state index in [1.807, 2.05) is 42.7 Å². The Labute approximate surface area is 139 Å². The van der Waals surface area contributed by atoms with Crippen LogP contribution in [-0.2, 0) is 11.3 Å². The van der Waals surface area contributed by atoms with Crippen LogP contribution in [0, 0.1) is 6.92 Å². The van der Waals surface area contributed by atoms with Crippen molar-refractivity contribution >= 4 is 5.97 Å². The van der Waals surface area contributed by atoms with Crippen LogP contribution in [0.2, 0.25) is 0 Å². The third-order valence-corrected chi connectivity index (χ3v) is 3.95. The smallest absolute Gasteiger partial charge is 0.341 e. The third kappa shape index (κ3) is 2.60. The predicted octanol–water partition coefficient (Wildman–Crippen LogP) is 2.64. The SMILES string of the molecule is CCCn1cc(C(=O)OC)c2nn(-c3ccccc3C)c(=O)c-2c1. The lowest BCUT2D eigenvalue weighted by atomic mass is 10.1. The van der Waals surface area contributed by atoms with Crippen LogP contribution < -0.4 is 5.56 Å². The fourth-order valence-electron chi connectivity index (χ4n) is 2.77. The van der Waals surface area contributed by atoms with Gasteiger partial charge in [0.15, 0.2) is 0 Å². The number of fused-ring (bicyclic) bond motifs is 1. The number of nitrogens with zero attached hydrogens (tertiary/aromatic N) is 3. The zero-order valence-corrected chi connectivity index (χ0v) is 13.9. The Kier molecular flexibility index (Phi) is 4.20. The average molecular weight is 325 g/mol. The number of aromatic nitrogens is 3. The number of hydrogen-bond acceptors (Lipinski definition) is 4. The minimum absolute atomic E-state index is 0.241. The standard InChI is InChI=1S/C18H19N3O3/c1-4-9-20-10-13-16(14(11-20)18(23)24-3)19-21(17(13)22)15-8-6-5-7-12(15)2/h5-8,10-11H,4,9H2,1-3H3. The topological polar surface area (TPSA) is 66.1 Å². The fraction of sp³-hybridized carbons (Fsp3) is 0.278. The van der Waals surface area contributed by atoms with Gasteiger partial charge in [-0.2, -0.15) is 9.78 Å². The summed E-state index contributed by atoms with van der Waals surface area (Å²) in [4.78, 5) is 25.0. The minimum atomic E-state index is -0.500. The quantitative estimate of drug-likeness (QED) is 0.692. The lowest BCUT2D eigenvalue weighted by molar-refractivity contribution is 0.0600. The van der Waals surface area contributed by atoms with Crippen LogP contribution in [0.4, 0.5) is 0 Å². The van der Waals surface area contributed by atoms with Crippen LogP contribution in [-0.4, -0.2) is 27.4 Å². The van der Waals surface area contributed by atoms with Crippen LogP contribution in [0.15, 0.2) is 41.5 Å². The number of carbonyl (C=O) groups is 1. The maximum absolute atomic E-state index is 12.8. The largest absolute Gasteiger partial charge is 0.465 e. The summed E-state index contributed by atoms with van der Waals surface area (Å²) in [6, 6.07) is 7.51. The first kappa shape index (κ1) is 16.0. The second-order valence-electron chi connectivity index (χ2n) is 5.67. The first-order chi connectivity index (χ1) is 11.6. The molecule has 0 saturated heterocycles. The molecule has 0 atom stereocenters. The number of hydrogen-bond donors (Lipinski definition) is 0. The van der Waals surface area contributed by atoms with Crippen molar-refractivity contribution in [2.75, 3.05) is 7.11 Å². The molecular formula is C18H19N3O3. The number of carbonyl (C=O) groups excluding carboxylic acids is 1. The molecule has 1 aromatic carbocycles. The number of pyridine rings is 1. The summed E-state index contributed by atoms with van der Waals surface area (Å²) >= 11 is 0. The number of para-hydroxylation sites is 1. The summed E-state index contributed by atoms with van der Waals surface area (Å²) in [6.45, 7) is 4.65. The van der Waals surface area contributed by atoms with E-state index in [4.69, 9.17) is 4.74 Å². The molecule has 0 fully saturated rings. The highest BCUT2D eigenvalue weighted by molar-refractivity contribution is 5.96. The van der Waals surface area contributed by atoms with Crippen LogP contribution in [0.3, 0.4) is 0 Å². The van der Waals surface area contributed by atoms with E-state index in [1.54, 1.807) is 12.4 Å².